The molecule has 0 unspecified atom stereocenters. The fourth-order valence-electron chi connectivity index (χ4n) is 2.42. The van der Waals surface area contributed by atoms with Gasteiger partial charge < -0.3 is 10.2 Å². The number of benzene rings is 1. The van der Waals surface area contributed by atoms with Crippen LogP contribution in [0.5, 0.6) is 0 Å². The lowest BCUT2D eigenvalue weighted by Crippen LogP contribution is -2.26. The Labute approximate surface area is 137 Å². The fourth-order valence-corrected chi connectivity index (χ4v) is 2.42. The van der Waals surface area contributed by atoms with Crippen LogP contribution in [-0.2, 0) is 17.8 Å². The first-order valence-corrected chi connectivity index (χ1v) is 7.74. The van der Waals surface area contributed by atoms with Crippen LogP contribution < -0.4 is 5.32 Å². The van der Waals surface area contributed by atoms with Crippen molar-refractivity contribution in [1.29, 1.82) is 0 Å². The zero-order chi connectivity index (χ0) is 16.7. The Hall–Kier alpha value is -2.24. The molecule has 0 saturated heterocycles. The summed E-state index contributed by atoms with van der Waals surface area (Å²) in [7, 11) is 4.05. The predicted octanol–water partition coefficient (Wildman–Crippen LogP) is 2.03. The molecule has 0 aliphatic carbocycles. The summed E-state index contributed by atoms with van der Waals surface area (Å²) in [4.78, 5) is 13.7. The molecule has 0 bridgehead atoms. The highest BCUT2D eigenvalue weighted by molar-refractivity contribution is 5.90. The Bertz CT molecular complexity index is 645. The first-order valence-electron chi connectivity index (χ1n) is 7.74. The highest BCUT2D eigenvalue weighted by Crippen LogP contribution is 2.22. The van der Waals surface area contributed by atoms with Crippen molar-refractivity contribution >= 4 is 5.78 Å². The van der Waals surface area contributed by atoms with Crippen LogP contribution in [0.4, 0.5) is 0 Å². The topological polar surface area (TPSA) is 61.0 Å². The number of carbonyl (C=O) groups is 1. The minimum atomic E-state index is 0.0335. The molecule has 2 N–H and O–H groups in total. The number of aromatic amines is 1. The van der Waals surface area contributed by atoms with E-state index in [0.717, 1.165) is 36.5 Å². The lowest BCUT2D eigenvalue weighted by atomic mass is 10.0. The molecule has 0 atom stereocenters. The molecule has 1 aromatic heterocycles. The van der Waals surface area contributed by atoms with Gasteiger partial charge in [0.15, 0.2) is 5.78 Å². The third-order valence-corrected chi connectivity index (χ3v) is 3.75. The number of nitrogens with one attached hydrogen (secondary N) is 2. The van der Waals surface area contributed by atoms with Crippen LogP contribution in [0, 0.1) is 0 Å². The van der Waals surface area contributed by atoms with E-state index < -0.39 is 0 Å². The Kier molecular flexibility index (Phi) is 6.26. The molecule has 0 radical (unpaired) electrons. The summed E-state index contributed by atoms with van der Waals surface area (Å²) >= 11 is 0. The van der Waals surface area contributed by atoms with Crippen molar-refractivity contribution in [2.24, 2.45) is 0 Å². The van der Waals surface area contributed by atoms with Crippen molar-refractivity contribution in [2.45, 2.75) is 13.0 Å². The molecule has 5 heteroatoms. The second-order valence-electron chi connectivity index (χ2n) is 5.66. The normalized spacial score (nSPS) is 10.9. The fraction of sp³-hybridized carbons (Fsp3) is 0.333. The summed E-state index contributed by atoms with van der Waals surface area (Å²) in [6.45, 7) is 6.27. The van der Waals surface area contributed by atoms with Crippen molar-refractivity contribution in [1.82, 2.24) is 20.4 Å². The summed E-state index contributed by atoms with van der Waals surface area (Å²) in [6, 6.07) is 8.00. The van der Waals surface area contributed by atoms with E-state index in [1.807, 2.05) is 37.5 Å². The van der Waals surface area contributed by atoms with Crippen LogP contribution >= 0.6 is 0 Å². The molecule has 1 heterocycles. The van der Waals surface area contributed by atoms with Gasteiger partial charge in [-0.3, -0.25) is 9.89 Å². The third-order valence-electron chi connectivity index (χ3n) is 3.75. The molecule has 2 aromatic rings. The lowest BCUT2D eigenvalue weighted by molar-refractivity contribution is -0.114. The van der Waals surface area contributed by atoms with Gasteiger partial charge in [-0.05, 0) is 31.3 Å². The summed E-state index contributed by atoms with van der Waals surface area (Å²) in [6.07, 6.45) is 3.63. The highest BCUT2D eigenvalue weighted by atomic mass is 16.1. The quantitative estimate of drug-likeness (QED) is 0.696. The predicted molar refractivity (Wildman–Crippen MR) is 93.2 cm³/mol. The molecule has 0 aliphatic rings. The van der Waals surface area contributed by atoms with Crippen molar-refractivity contribution < 1.29 is 4.79 Å². The maximum absolute atomic E-state index is 11.4. The number of hydrogen-bond acceptors (Lipinski definition) is 4. The van der Waals surface area contributed by atoms with E-state index in [0.29, 0.717) is 6.42 Å². The monoisotopic (exact) mass is 312 g/mol. The number of allylic oxidation sites excluding steroid dienone is 1. The first-order chi connectivity index (χ1) is 11.1. The van der Waals surface area contributed by atoms with Crippen LogP contribution in [0.15, 0.2) is 43.1 Å². The molecule has 0 amide bonds. The zero-order valence-electron chi connectivity index (χ0n) is 13.8. The van der Waals surface area contributed by atoms with Crippen LogP contribution in [-0.4, -0.2) is 48.1 Å². The maximum Gasteiger partial charge on any atom is 0.159 e. The Morgan fingerprint density at radius 2 is 2.13 bits per heavy atom. The SMILES string of the molecule is C=CC(=O)Cc1ccc(-c2[nH]ncc2CN(C)CCNC)cc1. The Morgan fingerprint density at radius 1 is 1.39 bits per heavy atom. The van der Waals surface area contributed by atoms with Gasteiger partial charge in [0, 0.05) is 31.6 Å². The number of carbonyl (C=O) groups excluding carboxylic acids is 1. The second kappa shape index (κ2) is 8.41. The van der Waals surface area contributed by atoms with Gasteiger partial charge in [0.1, 0.15) is 0 Å². The van der Waals surface area contributed by atoms with Crippen LogP contribution in [0.2, 0.25) is 0 Å². The maximum atomic E-state index is 11.4. The zero-order valence-corrected chi connectivity index (χ0v) is 13.8. The molecule has 1 aromatic carbocycles. The third kappa shape index (κ3) is 4.87. The standard InChI is InChI=1S/C18H24N4O/c1-4-17(23)11-14-5-7-15(8-6-14)18-16(12-20-21-18)13-22(3)10-9-19-2/h4-8,12,19H,1,9-11,13H2,2-3H3,(H,20,21). The number of ketones is 1. The molecule has 23 heavy (non-hydrogen) atoms. The van der Waals surface area contributed by atoms with E-state index in [4.69, 9.17) is 0 Å². The largest absolute Gasteiger partial charge is 0.318 e. The van der Waals surface area contributed by atoms with Gasteiger partial charge >= 0.3 is 0 Å². The van der Waals surface area contributed by atoms with Gasteiger partial charge in [-0.15, -0.1) is 0 Å². The number of likely N-dealkylation sites (N-methyl/N-ethyl adjacent to an activating group) is 2. The number of rotatable bonds is 9. The van der Waals surface area contributed by atoms with Crippen LogP contribution in [0.25, 0.3) is 11.3 Å². The van der Waals surface area contributed by atoms with Gasteiger partial charge in [0.2, 0.25) is 0 Å². The Balaban J connectivity index is 2.09. The number of H-pyrrole nitrogens is 1. The molecule has 0 saturated carbocycles. The molecule has 0 spiro atoms. The summed E-state index contributed by atoms with van der Waals surface area (Å²) in [5.41, 5.74) is 4.27. The van der Waals surface area contributed by atoms with E-state index >= 15 is 0 Å². The first kappa shape index (κ1) is 17.1. The second-order valence-corrected chi connectivity index (χ2v) is 5.66. The molecule has 2 rings (SSSR count). The molecule has 0 fully saturated rings. The lowest BCUT2D eigenvalue weighted by Gasteiger charge is -2.16. The average molecular weight is 312 g/mol. The summed E-state index contributed by atoms with van der Waals surface area (Å²) in [5, 5.41) is 10.4. The summed E-state index contributed by atoms with van der Waals surface area (Å²) in [5.74, 6) is 0.0335. The average Bonchev–Trinajstić information content (AvgIpc) is 3.01. The van der Waals surface area contributed by atoms with Gasteiger partial charge in [0.05, 0.1) is 11.9 Å². The van der Waals surface area contributed by atoms with Gasteiger partial charge in [-0.25, -0.2) is 0 Å². The van der Waals surface area contributed by atoms with E-state index in [1.54, 1.807) is 0 Å². The number of nitrogens with zero attached hydrogens (tertiary/aromatic N) is 2. The minimum absolute atomic E-state index is 0.0335. The number of hydrogen-bond donors (Lipinski definition) is 2. The van der Waals surface area contributed by atoms with Crippen LogP contribution in [0.1, 0.15) is 11.1 Å². The van der Waals surface area contributed by atoms with Gasteiger partial charge in [-0.2, -0.15) is 5.10 Å². The van der Waals surface area contributed by atoms with E-state index in [-0.39, 0.29) is 5.78 Å². The van der Waals surface area contributed by atoms with E-state index in [1.165, 1.54) is 11.6 Å². The molecular weight excluding hydrogens is 288 g/mol. The molecule has 0 aliphatic heterocycles. The number of aromatic nitrogens is 2. The van der Waals surface area contributed by atoms with Crippen molar-refractivity contribution in [3.8, 4) is 11.3 Å². The van der Waals surface area contributed by atoms with Crippen molar-refractivity contribution in [3.05, 3.63) is 54.2 Å². The molecule has 122 valence electrons. The van der Waals surface area contributed by atoms with Gasteiger partial charge in [-0.1, -0.05) is 30.8 Å². The van der Waals surface area contributed by atoms with Gasteiger partial charge in [0.25, 0.3) is 0 Å². The smallest absolute Gasteiger partial charge is 0.159 e. The minimum Gasteiger partial charge on any atom is -0.318 e. The Morgan fingerprint density at radius 3 is 2.78 bits per heavy atom. The highest BCUT2D eigenvalue weighted by Gasteiger charge is 2.10. The van der Waals surface area contributed by atoms with Crippen molar-refractivity contribution in [2.75, 3.05) is 27.2 Å². The summed E-state index contributed by atoms with van der Waals surface area (Å²) < 4.78 is 0. The van der Waals surface area contributed by atoms with E-state index in [2.05, 4.69) is 34.0 Å². The molecular formula is C18H24N4O. The van der Waals surface area contributed by atoms with E-state index in [9.17, 15) is 4.79 Å². The van der Waals surface area contributed by atoms with Crippen LogP contribution in [0.3, 0.4) is 0 Å². The molecule has 5 nitrogen and oxygen atoms in total. The van der Waals surface area contributed by atoms with Crippen molar-refractivity contribution in [3.63, 3.8) is 0 Å².